The number of nitrogens with one attached hydrogen (secondary N) is 1. The van der Waals surface area contributed by atoms with Gasteiger partial charge in [0.25, 0.3) is 11.5 Å². The molecule has 164 valence electrons. The standard InChI is InChI=1S/C24H22F2N4O2/c25-18-6-5-17(10-19(18)26)28-24(32)15-4-7-22(20(27)9-15)29-11-14-8-16(13-29)21-2-1-3-23(31)30(21)12-14/h1-7,9-10,14,16H,8,11-13,27H2,(H,28,32). The fraction of sp³-hybridized carbons (Fsp3) is 0.250. The summed E-state index contributed by atoms with van der Waals surface area (Å²) in [4.78, 5) is 27.0. The van der Waals surface area contributed by atoms with E-state index in [-0.39, 0.29) is 17.2 Å². The highest BCUT2D eigenvalue weighted by Crippen LogP contribution is 2.38. The zero-order valence-corrected chi connectivity index (χ0v) is 17.2. The number of hydrogen-bond donors (Lipinski definition) is 2. The third kappa shape index (κ3) is 3.62. The summed E-state index contributed by atoms with van der Waals surface area (Å²) in [6, 6.07) is 13.7. The number of pyridine rings is 1. The monoisotopic (exact) mass is 436 g/mol. The van der Waals surface area contributed by atoms with Gasteiger partial charge >= 0.3 is 0 Å². The molecule has 1 saturated heterocycles. The van der Waals surface area contributed by atoms with Crippen LogP contribution in [0.2, 0.25) is 0 Å². The van der Waals surface area contributed by atoms with Crippen molar-refractivity contribution in [3.8, 4) is 0 Å². The maximum absolute atomic E-state index is 13.4. The van der Waals surface area contributed by atoms with Gasteiger partial charge in [-0.15, -0.1) is 0 Å². The molecule has 1 aromatic heterocycles. The number of nitrogens with two attached hydrogens (primary N) is 1. The van der Waals surface area contributed by atoms with Crippen molar-refractivity contribution in [3.05, 3.63) is 87.8 Å². The topological polar surface area (TPSA) is 80.4 Å². The van der Waals surface area contributed by atoms with Crippen LogP contribution in [0, 0.1) is 17.6 Å². The summed E-state index contributed by atoms with van der Waals surface area (Å²) >= 11 is 0. The van der Waals surface area contributed by atoms with Gasteiger partial charge in [0.2, 0.25) is 0 Å². The van der Waals surface area contributed by atoms with E-state index in [9.17, 15) is 18.4 Å². The molecule has 3 heterocycles. The molecular formula is C24H22F2N4O2. The van der Waals surface area contributed by atoms with E-state index in [0.29, 0.717) is 23.7 Å². The molecule has 0 saturated carbocycles. The van der Waals surface area contributed by atoms with Gasteiger partial charge in [0.15, 0.2) is 11.6 Å². The lowest BCUT2D eigenvalue weighted by atomic mass is 9.83. The van der Waals surface area contributed by atoms with E-state index in [0.717, 1.165) is 43.0 Å². The van der Waals surface area contributed by atoms with E-state index in [4.69, 9.17) is 5.73 Å². The molecule has 2 atom stereocenters. The van der Waals surface area contributed by atoms with Crippen molar-refractivity contribution >= 4 is 23.0 Å². The van der Waals surface area contributed by atoms with Crippen LogP contribution in [0.4, 0.5) is 25.8 Å². The molecule has 2 aromatic carbocycles. The largest absolute Gasteiger partial charge is 0.397 e. The van der Waals surface area contributed by atoms with Gasteiger partial charge in [0.1, 0.15) is 0 Å². The molecule has 1 fully saturated rings. The molecule has 3 aromatic rings. The normalized spacial score (nSPS) is 19.4. The second-order valence-corrected chi connectivity index (χ2v) is 8.46. The summed E-state index contributed by atoms with van der Waals surface area (Å²) in [5, 5.41) is 2.55. The highest BCUT2D eigenvalue weighted by Gasteiger charge is 2.35. The Balaban J connectivity index is 1.35. The highest BCUT2D eigenvalue weighted by atomic mass is 19.2. The number of rotatable bonds is 3. The number of nitrogen functional groups attached to an aromatic ring is 1. The van der Waals surface area contributed by atoms with Crippen molar-refractivity contribution < 1.29 is 13.6 Å². The number of fused-ring (bicyclic) bond motifs is 4. The summed E-state index contributed by atoms with van der Waals surface area (Å²) in [7, 11) is 0. The van der Waals surface area contributed by atoms with Crippen molar-refractivity contribution in [2.24, 2.45) is 5.92 Å². The molecule has 5 rings (SSSR count). The molecule has 3 N–H and O–H groups in total. The summed E-state index contributed by atoms with van der Waals surface area (Å²) in [5.74, 6) is -1.88. The zero-order chi connectivity index (χ0) is 22.4. The van der Waals surface area contributed by atoms with Crippen molar-refractivity contribution in [1.29, 1.82) is 0 Å². The fourth-order valence-electron chi connectivity index (χ4n) is 4.85. The molecular weight excluding hydrogens is 414 g/mol. The third-order valence-corrected chi connectivity index (χ3v) is 6.29. The minimum atomic E-state index is -1.03. The van der Waals surface area contributed by atoms with E-state index in [1.165, 1.54) is 6.07 Å². The van der Waals surface area contributed by atoms with Crippen LogP contribution in [0.1, 0.15) is 28.4 Å². The van der Waals surface area contributed by atoms with Gasteiger partial charge in [-0.3, -0.25) is 9.59 Å². The number of hydrogen-bond acceptors (Lipinski definition) is 4. The van der Waals surface area contributed by atoms with Crippen molar-refractivity contribution in [1.82, 2.24) is 4.57 Å². The Bertz CT molecular complexity index is 1270. The average Bonchev–Trinajstić information content (AvgIpc) is 2.77. The minimum absolute atomic E-state index is 0.0431. The Morgan fingerprint density at radius 2 is 1.84 bits per heavy atom. The molecule has 2 unspecified atom stereocenters. The van der Waals surface area contributed by atoms with Crippen molar-refractivity contribution in [2.45, 2.75) is 18.9 Å². The SMILES string of the molecule is Nc1cc(C(=O)Nc2ccc(F)c(F)c2)ccc1N1CC2CC(C1)c1cccc(=O)n1C2. The van der Waals surface area contributed by atoms with Gasteiger partial charge in [-0.05, 0) is 48.7 Å². The van der Waals surface area contributed by atoms with Crippen LogP contribution in [-0.4, -0.2) is 23.6 Å². The molecule has 1 amide bonds. The first-order valence-corrected chi connectivity index (χ1v) is 10.5. The maximum Gasteiger partial charge on any atom is 0.255 e. The van der Waals surface area contributed by atoms with Gasteiger partial charge < -0.3 is 20.5 Å². The quantitative estimate of drug-likeness (QED) is 0.615. The molecule has 6 nitrogen and oxygen atoms in total. The number of benzene rings is 2. The number of anilines is 3. The van der Waals surface area contributed by atoms with Crippen LogP contribution in [-0.2, 0) is 6.54 Å². The van der Waals surface area contributed by atoms with Crippen LogP contribution in [0.15, 0.2) is 59.4 Å². The first-order chi connectivity index (χ1) is 15.4. The average molecular weight is 436 g/mol. The summed E-state index contributed by atoms with van der Waals surface area (Å²) < 4.78 is 28.4. The molecule has 2 aliphatic heterocycles. The summed E-state index contributed by atoms with van der Waals surface area (Å²) in [6.07, 6.45) is 1.04. The van der Waals surface area contributed by atoms with Crippen molar-refractivity contribution in [3.63, 3.8) is 0 Å². The summed E-state index contributed by atoms with van der Waals surface area (Å²) in [6.45, 7) is 2.21. The Morgan fingerprint density at radius 1 is 1.00 bits per heavy atom. The first-order valence-electron chi connectivity index (χ1n) is 10.5. The minimum Gasteiger partial charge on any atom is -0.397 e. The number of amides is 1. The highest BCUT2D eigenvalue weighted by molar-refractivity contribution is 6.05. The Hall–Kier alpha value is -3.68. The lowest BCUT2D eigenvalue weighted by molar-refractivity contribution is 0.102. The molecule has 32 heavy (non-hydrogen) atoms. The first kappa shape index (κ1) is 20.2. The van der Waals surface area contributed by atoms with Gasteiger partial charge in [0.05, 0.1) is 11.4 Å². The van der Waals surface area contributed by atoms with Gasteiger partial charge in [-0.2, -0.15) is 0 Å². The van der Waals surface area contributed by atoms with Gasteiger partial charge in [0, 0.05) is 54.6 Å². The fourth-order valence-corrected chi connectivity index (χ4v) is 4.85. The lowest BCUT2D eigenvalue weighted by Crippen LogP contribution is -2.47. The summed E-state index contributed by atoms with van der Waals surface area (Å²) in [5.41, 5.74) is 9.20. The number of carbonyl (C=O) groups excluding carboxylic acids is 1. The second kappa shape index (κ2) is 7.78. The number of piperidine rings is 1. The Morgan fingerprint density at radius 3 is 2.62 bits per heavy atom. The Kier molecular flexibility index (Phi) is 4.92. The van der Waals surface area contributed by atoms with Crippen LogP contribution in [0.5, 0.6) is 0 Å². The van der Waals surface area contributed by atoms with Crippen LogP contribution in [0.25, 0.3) is 0 Å². The van der Waals surface area contributed by atoms with Crippen LogP contribution < -0.4 is 21.5 Å². The van der Waals surface area contributed by atoms with Crippen LogP contribution >= 0.6 is 0 Å². The molecule has 2 aliphatic rings. The smallest absolute Gasteiger partial charge is 0.255 e. The number of aromatic nitrogens is 1. The van der Waals surface area contributed by atoms with Gasteiger partial charge in [-0.25, -0.2) is 8.78 Å². The van der Waals surface area contributed by atoms with E-state index in [1.807, 2.05) is 22.8 Å². The number of carbonyl (C=O) groups is 1. The molecule has 8 heteroatoms. The zero-order valence-electron chi connectivity index (χ0n) is 17.2. The van der Waals surface area contributed by atoms with Crippen LogP contribution in [0.3, 0.4) is 0 Å². The maximum atomic E-state index is 13.4. The Labute approximate surface area is 183 Å². The third-order valence-electron chi connectivity index (χ3n) is 6.29. The molecule has 0 aliphatic carbocycles. The predicted molar refractivity (Wildman–Crippen MR) is 119 cm³/mol. The lowest BCUT2D eigenvalue weighted by Gasteiger charge is -2.44. The number of nitrogens with zero attached hydrogens (tertiary/aromatic N) is 2. The van der Waals surface area contributed by atoms with E-state index < -0.39 is 17.5 Å². The molecule has 2 bridgehead atoms. The molecule has 0 spiro atoms. The van der Waals surface area contributed by atoms with Crippen molar-refractivity contribution in [2.75, 3.05) is 29.0 Å². The van der Waals surface area contributed by atoms with E-state index in [1.54, 1.807) is 18.2 Å². The molecule has 0 radical (unpaired) electrons. The van der Waals surface area contributed by atoms with Gasteiger partial charge in [-0.1, -0.05) is 6.07 Å². The predicted octanol–water partition coefficient (Wildman–Crippen LogP) is 3.58. The van der Waals surface area contributed by atoms with E-state index >= 15 is 0 Å². The second-order valence-electron chi connectivity index (χ2n) is 8.46. The van der Waals surface area contributed by atoms with E-state index in [2.05, 4.69) is 10.2 Å². The number of halogens is 2.